The van der Waals surface area contributed by atoms with Crippen molar-refractivity contribution in [1.82, 2.24) is 14.8 Å². The molecule has 33 heavy (non-hydrogen) atoms. The minimum Gasteiger partial charge on any atom is -0.350 e. The lowest BCUT2D eigenvalue weighted by Crippen LogP contribution is -2.54. The van der Waals surface area contributed by atoms with Crippen LogP contribution in [-0.4, -0.2) is 27.3 Å². The highest BCUT2D eigenvalue weighted by Gasteiger charge is 2.37. The van der Waals surface area contributed by atoms with Gasteiger partial charge in [0.2, 0.25) is 5.91 Å². The highest BCUT2D eigenvalue weighted by molar-refractivity contribution is 6.02. The van der Waals surface area contributed by atoms with Gasteiger partial charge in [0.1, 0.15) is 18.4 Å². The molecule has 1 aliphatic rings. The minimum absolute atomic E-state index is 0.188. The van der Waals surface area contributed by atoms with Gasteiger partial charge in [-0.3, -0.25) is 9.59 Å². The average Bonchev–Trinajstić information content (AvgIpc) is 3.24. The van der Waals surface area contributed by atoms with Crippen LogP contribution < -0.4 is 5.32 Å². The monoisotopic (exact) mass is 441 g/mol. The van der Waals surface area contributed by atoms with Crippen LogP contribution in [0.4, 0.5) is 4.39 Å². The van der Waals surface area contributed by atoms with Crippen molar-refractivity contribution in [3.8, 4) is 0 Å². The SMILES string of the molecule is O=C(NCc1ccccc1)[C@@H]1Cn2c(cc3ccccc32)C(=O)N1Cc1ccc(CF)cc1. The molecule has 5 nitrogen and oxygen atoms in total. The molecule has 0 fully saturated rings. The van der Waals surface area contributed by atoms with E-state index in [1.54, 1.807) is 17.0 Å². The molecule has 4 aromatic rings. The van der Waals surface area contributed by atoms with Gasteiger partial charge in [-0.15, -0.1) is 0 Å². The number of aromatic nitrogens is 1. The molecule has 1 aliphatic heterocycles. The smallest absolute Gasteiger partial charge is 0.271 e. The van der Waals surface area contributed by atoms with Crippen LogP contribution in [0.15, 0.2) is 84.9 Å². The van der Waals surface area contributed by atoms with Crippen LogP contribution in [0.2, 0.25) is 0 Å². The second-order valence-corrected chi connectivity index (χ2v) is 8.30. The molecule has 0 saturated heterocycles. The lowest BCUT2D eigenvalue weighted by molar-refractivity contribution is -0.126. The van der Waals surface area contributed by atoms with Gasteiger partial charge in [0.25, 0.3) is 5.91 Å². The third-order valence-corrected chi connectivity index (χ3v) is 6.16. The van der Waals surface area contributed by atoms with E-state index in [0.717, 1.165) is 22.0 Å². The number of carbonyl (C=O) groups is 2. The molecule has 3 aromatic carbocycles. The van der Waals surface area contributed by atoms with Crippen LogP contribution in [0.25, 0.3) is 10.9 Å². The summed E-state index contributed by atoms with van der Waals surface area (Å²) in [4.78, 5) is 28.5. The van der Waals surface area contributed by atoms with E-state index in [0.29, 0.717) is 24.3 Å². The van der Waals surface area contributed by atoms with E-state index in [9.17, 15) is 14.0 Å². The number of nitrogens with zero attached hydrogens (tertiary/aromatic N) is 2. The molecule has 1 atom stereocenters. The van der Waals surface area contributed by atoms with Gasteiger partial charge in [0, 0.05) is 24.0 Å². The lowest BCUT2D eigenvalue weighted by atomic mass is 10.1. The van der Waals surface area contributed by atoms with Crippen LogP contribution >= 0.6 is 0 Å². The van der Waals surface area contributed by atoms with Crippen LogP contribution in [0.5, 0.6) is 0 Å². The van der Waals surface area contributed by atoms with Gasteiger partial charge < -0.3 is 14.8 Å². The highest BCUT2D eigenvalue weighted by Crippen LogP contribution is 2.28. The van der Waals surface area contributed by atoms with Crippen molar-refractivity contribution in [2.75, 3.05) is 0 Å². The quantitative estimate of drug-likeness (QED) is 0.481. The number of amides is 2. The van der Waals surface area contributed by atoms with Crippen LogP contribution in [0.1, 0.15) is 27.2 Å². The number of alkyl halides is 1. The zero-order valence-corrected chi connectivity index (χ0v) is 18.1. The van der Waals surface area contributed by atoms with Crippen molar-refractivity contribution in [3.05, 3.63) is 107 Å². The number of nitrogens with one attached hydrogen (secondary N) is 1. The third-order valence-electron chi connectivity index (χ3n) is 6.16. The molecule has 1 N–H and O–H groups in total. The van der Waals surface area contributed by atoms with E-state index in [4.69, 9.17) is 0 Å². The summed E-state index contributed by atoms with van der Waals surface area (Å²) in [5.74, 6) is -0.386. The van der Waals surface area contributed by atoms with Gasteiger partial charge in [-0.1, -0.05) is 72.8 Å². The maximum absolute atomic E-state index is 13.6. The number of halogens is 1. The fraction of sp³-hybridized carbons (Fsp3) is 0.185. The molecular formula is C27H24FN3O2. The molecule has 0 unspecified atom stereocenters. The first-order chi connectivity index (χ1) is 16.1. The Morgan fingerprint density at radius 3 is 2.36 bits per heavy atom. The van der Waals surface area contributed by atoms with Crippen LogP contribution in [0.3, 0.4) is 0 Å². The molecule has 0 saturated carbocycles. The number of benzene rings is 3. The van der Waals surface area contributed by atoms with Gasteiger partial charge >= 0.3 is 0 Å². The van der Waals surface area contributed by atoms with Crippen LogP contribution in [0, 0.1) is 0 Å². The molecule has 0 bridgehead atoms. The van der Waals surface area contributed by atoms with E-state index in [1.807, 2.05) is 77.4 Å². The maximum atomic E-state index is 13.6. The van der Waals surface area contributed by atoms with Crippen molar-refractivity contribution >= 4 is 22.7 Å². The largest absolute Gasteiger partial charge is 0.350 e. The van der Waals surface area contributed by atoms with Gasteiger partial charge in [0.05, 0.1) is 6.54 Å². The molecule has 0 spiro atoms. The van der Waals surface area contributed by atoms with Crippen molar-refractivity contribution in [2.24, 2.45) is 0 Å². The fourth-order valence-electron chi connectivity index (χ4n) is 4.38. The number of hydrogen-bond donors (Lipinski definition) is 1. The number of hydrogen-bond acceptors (Lipinski definition) is 2. The molecule has 2 amide bonds. The molecule has 0 radical (unpaired) electrons. The Balaban J connectivity index is 1.46. The number of fused-ring (bicyclic) bond motifs is 3. The molecular weight excluding hydrogens is 417 g/mol. The predicted molar refractivity (Wildman–Crippen MR) is 125 cm³/mol. The van der Waals surface area contributed by atoms with Gasteiger partial charge in [0.15, 0.2) is 0 Å². The van der Waals surface area contributed by atoms with Crippen molar-refractivity contribution in [1.29, 1.82) is 0 Å². The predicted octanol–water partition coefficient (Wildman–Crippen LogP) is 4.45. The first-order valence-corrected chi connectivity index (χ1v) is 11.0. The van der Waals surface area contributed by atoms with E-state index in [1.165, 1.54) is 0 Å². The highest BCUT2D eigenvalue weighted by atomic mass is 19.1. The van der Waals surface area contributed by atoms with E-state index >= 15 is 0 Å². The molecule has 1 aromatic heterocycles. The van der Waals surface area contributed by atoms with E-state index in [2.05, 4.69) is 5.32 Å². The molecule has 0 aliphatic carbocycles. The van der Waals surface area contributed by atoms with Crippen molar-refractivity contribution in [2.45, 2.75) is 32.4 Å². The Bertz CT molecular complexity index is 1300. The summed E-state index contributed by atoms with van der Waals surface area (Å²) in [7, 11) is 0. The number of rotatable bonds is 6. The summed E-state index contributed by atoms with van der Waals surface area (Å²) < 4.78 is 14.9. The summed E-state index contributed by atoms with van der Waals surface area (Å²) in [6.45, 7) is 0.504. The zero-order chi connectivity index (χ0) is 22.8. The Labute approximate surface area is 191 Å². The Morgan fingerprint density at radius 2 is 1.61 bits per heavy atom. The van der Waals surface area contributed by atoms with E-state index < -0.39 is 12.7 Å². The standard InChI is InChI=1S/C27H24FN3O2/c28-15-19-10-12-21(13-11-19)17-31-25(26(32)29-16-20-6-2-1-3-7-20)18-30-23-9-5-4-8-22(23)14-24(30)27(31)33/h1-14,25H,15-18H2,(H,29,32)/t25-/m0/s1. The molecule has 2 heterocycles. The fourth-order valence-corrected chi connectivity index (χ4v) is 4.38. The van der Waals surface area contributed by atoms with Crippen molar-refractivity contribution < 1.29 is 14.0 Å². The van der Waals surface area contributed by atoms with Crippen LogP contribution in [-0.2, 0) is 31.1 Å². The van der Waals surface area contributed by atoms with Gasteiger partial charge in [-0.05, 0) is 28.8 Å². The number of carbonyl (C=O) groups excluding carboxylic acids is 2. The number of para-hydroxylation sites is 1. The lowest BCUT2D eigenvalue weighted by Gasteiger charge is -2.36. The normalized spacial score (nSPS) is 15.5. The first-order valence-electron chi connectivity index (χ1n) is 11.0. The topological polar surface area (TPSA) is 54.3 Å². The second kappa shape index (κ2) is 8.90. The third kappa shape index (κ3) is 4.12. The van der Waals surface area contributed by atoms with Crippen molar-refractivity contribution in [3.63, 3.8) is 0 Å². The Hall–Kier alpha value is -3.93. The van der Waals surface area contributed by atoms with Gasteiger partial charge in [-0.2, -0.15) is 0 Å². The summed E-state index contributed by atoms with van der Waals surface area (Å²) >= 11 is 0. The summed E-state index contributed by atoms with van der Waals surface area (Å²) in [6, 6.07) is 25.8. The summed E-state index contributed by atoms with van der Waals surface area (Å²) in [5, 5.41) is 3.97. The second-order valence-electron chi connectivity index (χ2n) is 8.30. The zero-order valence-electron chi connectivity index (χ0n) is 18.1. The maximum Gasteiger partial charge on any atom is 0.271 e. The summed E-state index contributed by atoms with van der Waals surface area (Å²) in [5.41, 5.74) is 3.94. The van der Waals surface area contributed by atoms with E-state index in [-0.39, 0.29) is 18.4 Å². The summed E-state index contributed by atoms with van der Waals surface area (Å²) in [6.07, 6.45) is 0. The Kier molecular flexibility index (Phi) is 5.65. The first kappa shape index (κ1) is 20.9. The Morgan fingerprint density at radius 1 is 0.909 bits per heavy atom. The van der Waals surface area contributed by atoms with Gasteiger partial charge in [-0.25, -0.2) is 4.39 Å². The molecule has 6 heteroatoms. The molecule has 166 valence electrons. The average molecular weight is 442 g/mol. The minimum atomic E-state index is -0.662. The molecule has 5 rings (SSSR count).